The van der Waals surface area contributed by atoms with E-state index in [1.807, 2.05) is 74.9 Å². The van der Waals surface area contributed by atoms with Gasteiger partial charge < -0.3 is 9.88 Å². The molecule has 1 N–H and O–H groups in total. The molecule has 0 saturated heterocycles. The topological polar surface area (TPSA) is 59.8 Å². The Kier molecular flexibility index (Phi) is 5.87. The number of aromatic nitrogens is 3. The van der Waals surface area contributed by atoms with E-state index in [0.29, 0.717) is 10.2 Å². The SMILES string of the molecule is Cc1cccc(C)c1NC(=O)[C@H](C)Sc1nnc(-c2ccc(Cl)cc2)n1C. The van der Waals surface area contributed by atoms with Crippen molar-refractivity contribution in [2.45, 2.75) is 31.2 Å². The van der Waals surface area contributed by atoms with Crippen molar-refractivity contribution in [1.29, 1.82) is 0 Å². The third-order valence-electron chi connectivity index (χ3n) is 4.32. The third-order valence-corrected chi connectivity index (χ3v) is 5.70. The Bertz CT molecular complexity index is 948. The normalized spacial score (nSPS) is 12.0. The van der Waals surface area contributed by atoms with Crippen molar-refractivity contribution in [2.24, 2.45) is 7.05 Å². The number of anilines is 1. The molecule has 0 radical (unpaired) electrons. The van der Waals surface area contributed by atoms with Crippen molar-refractivity contribution >= 4 is 35.0 Å². The Morgan fingerprint density at radius 3 is 2.37 bits per heavy atom. The molecule has 140 valence electrons. The second-order valence-electron chi connectivity index (χ2n) is 6.39. The average molecular weight is 401 g/mol. The minimum absolute atomic E-state index is 0.0616. The van der Waals surface area contributed by atoms with Crippen LogP contribution in [0.5, 0.6) is 0 Å². The highest BCUT2D eigenvalue weighted by atomic mass is 35.5. The molecule has 0 fully saturated rings. The number of hydrogen-bond acceptors (Lipinski definition) is 4. The van der Waals surface area contributed by atoms with Crippen LogP contribution in [0.1, 0.15) is 18.1 Å². The summed E-state index contributed by atoms with van der Waals surface area (Å²) < 4.78 is 1.89. The van der Waals surface area contributed by atoms with Crippen molar-refractivity contribution in [3.05, 3.63) is 58.6 Å². The van der Waals surface area contributed by atoms with Gasteiger partial charge in [-0.15, -0.1) is 10.2 Å². The fraction of sp³-hybridized carbons (Fsp3) is 0.250. The molecule has 0 aliphatic heterocycles. The van der Waals surface area contributed by atoms with Gasteiger partial charge in [0.15, 0.2) is 11.0 Å². The van der Waals surface area contributed by atoms with Crippen LogP contribution in [0.3, 0.4) is 0 Å². The van der Waals surface area contributed by atoms with E-state index in [9.17, 15) is 4.79 Å². The van der Waals surface area contributed by atoms with E-state index in [4.69, 9.17) is 11.6 Å². The lowest BCUT2D eigenvalue weighted by atomic mass is 10.1. The van der Waals surface area contributed by atoms with Crippen molar-refractivity contribution < 1.29 is 4.79 Å². The Morgan fingerprint density at radius 2 is 1.74 bits per heavy atom. The number of halogens is 1. The largest absolute Gasteiger partial charge is 0.325 e. The number of amides is 1. The number of para-hydroxylation sites is 1. The first-order valence-corrected chi connectivity index (χ1v) is 9.81. The summed E-state index contributed by atoms with van der Waals surface area (Å²) in [5.41, 5.74) is 3.89. The summed E-state index contributed by atoms with van der Waals surface area (Å²) in [6.45, 7) is 5.84. The maximum absolute atomic E-state index is 12.6. The maximum atomic E-state index is 12.6. The monoisotopic (exact) mass is 400 g/mol. The van der Waals surface area contributed by atoms with Crippen LogP contribution in [0.2, 0.25) is 5.02 Å². The highest BCUT2D eigenvalue weighted by Crippen LogP contribution is 2.28. The highest BCUT2D eigenvalue weighted by molar-refractivity contribution is 8.00. The molecule has 1 amide bonds. The van der Waals surface area contributed by atoms with Crippen LogP contribution in [0, 0.1) is 13.8 Å². The maximum Gasteiger partial charge on any atom is 0.237 e. The molecule has 0 unspecified atom stereocenters. The van der Waals surface area contributed by atoms with E-state index in [-0.39, 0.29) is 11.2 Å². The number of thioether (sulfide) groups is 1. The molecule has 1 atom stereocenters. The predicted molar refractivity (Wildman–Crippen MR) is 111 cm³/mol. The summed E-state index contributed by atoms with van der Waals surface area (Å²) in [6.07, 6.45) is 0. The zero-order valence-corrected chi connectivity index (χ0v) is 17.2. The molecule has 1 aromatic heterocycles. The first-order valence-electron chi connectivity index (χ1n) is 8.56. The molecule has 0 bridgehead atoms. The number of nitrogens with one attached hydrogen (secondary N) is 1. The Balaban J connectivity index is 1.73. The minimum atomic E-state index is -0.315. The van der Waals surface area contributed by atoms with Crippen molar-refractivity contribution in [2.75, 3.05) is 5.32 Å². The standard InChI is InChI=1S/C20H21ClN4OS/c1-12-6-5-7-13(2)17(12)22-19(26)14(3)27-20-24-23-18(25(20)4)15-8-10-16(21)11-9-15/h5-11,14H,1-4H3,(H,22,26)/t14-/m0/s1. The van der Waals surface area contributed by atoms with E-state index in [0.717, 1.165) is 28.2 Å². The number of carbonyl (C=O) groups is 1. The van der Waals surface area contributed by atoms with Gasteiger partial charge in [0.2, 0.25) is 5.91 Å². The molecule has 7 heteroatoms. The summed E-state index contributed by atoms with van der Waals surface area (Å²) in [5, 5.41) is 12.6. The minimum Gasteiger partial charge on any atom is -0.325 e. The number of rotatable bonds is 5. The van der Waals surface area contributed by atoms with E-state index in [1.54, 1.807) is 0 Å². The average Bonchev–Trinajstić information content (AvgIpc) is 2.99. The number of aryl methyl sites for hydroxylation is 2. The highest BCUT2D eigenvalue weighted by Gasteiger charge is 2.20. The molecule has 0 spiro atoms. The molecule has 3 rings (SSSR count). The third kappa shape index (κ3) is 4.34. The van der Waals surface area contributed by atoms with Gasteiger partial charge in [-0.25, -0.2) is 0 Å². The van der Waals surface area contributed by atoms with Gasteiger partial charge in [0.05, 0.1) is 5.25 Å². The summed E-state index contributed by atoms with van der Waals surface area (Å²) in [6, 6.07) is 13.4. The summed E-state index contributed by atoms with van der Waals surface area (Å²) in [7, 11) is 1.89. The molecule has 2 aromatic carbocycles. The van der Waals surface area contributed by atoms with Crippen molar-refractivity contribution in [3.8, 4) is 11.4 Å². The first kappa shape index (κ1) is 19.5. The lowest BCUT2D eigenvalue weighted by molar-refractivity contribution is -0.115. The Morgan fingerprint density at radius 1 is 1.11 bits per heavy atom. The molecule has 5 nitrogen and oxygen atoms in total. The zero-order valence-electron chi connectivity index (χ0n) is 15.7. The Labute approximate surface area is 168 Å². The van der Waals surface area contributed by atoms with Crippen LogP contribution in [0.4, 0.5) is 5.69 Å². The molecule has 27 heavy (non-hydrogen) atoms. The zero-order chi connectivity index (χ0) is 19.6. The van der Waals surface area contributed by atoms with Gasteiger partial charge >= 0.3 is 0 Å². The van der Waals surface area contributed by atoms with Crippen LogP contribution in [0.25, 0.3) is 11.4 Å². The second kappa shape index (κ2) is 8.15. The molecule has 0 aliphatic rings. The van der Waals surface area contributed by atoms with E-state index in [2.05, 4.69) is 15.5 Å². The molecular formula is C20H21ClN4OS. The summed E-state index contributed by atoms with van der Waals surface area (Å²) >= 11 is 7.32. The van der Waals surface area contributed by atoms with Crippen LogP contribution < -0.4 is 5.32 Å². The van der Waals surface area contributed by atoms with Crippen LogP contribution in [-0.2, 0) is 11.8 Å². The molecule has 3 aromatic rings. The first-order chi connectivity index (χ1) is 12.9. The van der Waals surface area contributed by atoms with E-state index in [1.165, 1.54) is 11.8 Å². The lowest BCUT2D eigenvalue weighted by Gasteiger charge is -2.15. The molecular weight excluding hydrogens is 380 g/mol. The van der Waals surface area contributed by atoms with Gasteiger partial charge in [0, 0.05) is 23.3 Å². The van der Waals surface area contributed by atoms with Crippen LogP contribution in [-0.4, -0.2) is 25.9 Å². The fourth-order valence-electron chi connectivity index (χ4n) is 2.72. The molecule has 1 heterocycles. The summed E-state index contributed by atoms with van der Waals surface area (Å²) in [4.78, 5) is 12.6. The van der Waals surface area contributed by atoms with Crippen molar-refractivity contribution in [3.63, 3.8) is 0 Å². The van der Waals surface area contributed by atoms with Gasteiger partial charge in [-0.2, -0.15) is 0 Å². The van der Waals surface area contributed by atoms with Gasteiger partial charge in [0.1, 0.15) is 0 Å². The lowest BCUT2D eigenvalue weighted by Crippen LogP contribution is -2.23. The van der Waals surface area contributed by atoms with Crippen LogP contribution >= 0.6 is 23.4 Å². The molecule has 0 saturated carbocycles. The van der Waals surface area contributed by atoms with Crippen molar-refractivity contribution in [1.82, 2.24) is 14.8 Å². The van der Waals surface area contributed by atoms with Crippen LogP contribution in [0.15, 0.2) is 47.6 Å². The van der Waals surface area contributed by atoms with E-state index < -0.39 is 0 Å². The number of hydrogen-bond donors (Lipinski definition) is 1. The number of nitrogens with zero attached hydrogens (tertiary/aromatic N) is 3. The van der Waals surface area contributed by atoms with Gasteiger partial charge in [-0.05, 0) is 56.2 Å². The number of benzene rings is 2. The van der Waals surface area contributed by atoms with E-state index >= 15 is 0 Å². The summed E-state index contributed by atoms with van der Waals surface area (Å²) in [5.74, 6) is 0.671. The fourth-order valence-corrected chi connectivity index (χ4v) is 3.66. The quantitative estimate of drug-likeness (QED) is 0.620. The van der Waals surface area contributed by atoms with Gasteiger partial charge in [-0.1, -0.05) is 41.6 Å². The second-order valence-corrected chi connectivity index (χ2v) is 8.13. The van der Waals surface area contributed by atoms with Gasteiger partial charge in [0.25, 0.3) is 0 Å². The smallest absolute Gasteiger partial charge is 0.237 e. The predicted octanol–water partition coefficient (Wildman–Crippen LogP) is 4.87. The Hall–Kier alpha value is -2.31. The van der Waals surface area contributed by atoms with Gasteiger partial charge in [-0.3, -0.25) is 4.79 Å². The molecule has 0 aliphatic carbocycles. The number of carbonyl (C=O) groups excluding carboxylic acids is 1.